The van der Waals surface area contributed by atoms with Crippen molar-refractivity contribution in [3.8, 4) is 0 Å². The molecule has 0 aliphatic carbocycles. The predicted molar refractivity (Wildman–Crippen MR) is 67.5 cm³/mol. The van der Waals surface area contributed by atoms with Gasteiger partial charge in [-0.3, -0.25) is 4.79 Å². The largest absolute Gasteiger partial charge is 0.294 e. The maximum Gasteiger partial charge on any atom is 0.163 e. The second kappa shape index (κ2) is 6.00. The van der Waals surface area contributed by atoms with E-state index in [1.165, 1.54) is 12.1 Å². The van der Waals surface area contributed by atoms with Crippen molar-refractivity contribution in [2.45, 2.75) is 19.3 Å². The molecule has 0 unspecified atom stereocenters. The summed E-state index contributed by atoms with van der Waals surface area (Å²) in [6.45, 7) is 3.60. The van der Waals surface area contributed by atoms with E-state index in [0.717, 1.165) is 12.8 Å². The van der Waals surface area contributed by atoms with Gasteiger partial charge in [0.15, 0.2) is 5.78 Å². The Kier molecular flexibility index (Phi) is 4.94. The van der Waals surface area contributed by atoms with Gasteiger partial charge >= 0.3 is 0 Å². The van der Waals surface area contributed by atoms with Crippen molar-refractivity contribution < 1.29 is 9.18 Å². The SMILES string of the molecule is C=CCCCC(=O)c1ccc(F)cc1I. The highest BCUT2D eigenvalue weighted by Crippen LogP contribution is 2.16. The van der Waals surface area contributed by atoms with E-state index in [1.807, 2.05) is 22.6 Å². The molecule has 1 aromatic carbocycles. The lowest BCUT2D eigenvalue weighted by Gasteiger charge is -2.02. The summed E-state index contributed by atoms with van der Waals surface area (Å²) in [5, 5.41) is 0. The first-order chi connectivity index (χ1) is 7.15. The molecule has 0 aromatic heterocycles. The Morgan fingerprint density at radius 3 is 2.87 bits per heavy atom. The summed E-state index contributed by atoms with van der Waals surface area (Å²) < 4.78 is 13.5. The molecule has 0 atom stereocenters. The van der Waals surface area contributed by atoms with Gasteiger partial charge in [-0.1, -0.05) is 6.08 Å². The molecule has 1 nitrogen and oxygen atoms in total. The molecule has 0 aliphatic rings. The normalized spacial score (nSPS) is 10.0. The number of carbonyl (C=O) groups excluding carboxylic acids is 1. The van der Waals surface area contributed by atoms with E-state index < -0.39 is 0 Å². The summed E-state index contributed by atoms with van der Waals surface area (Å²) >= 11 is 1.98. The molecule has 0 amide bonds. The second-order valence-corrected chi connectivity index (χ2v) is 4.39. The van der Waals surface area contributed by atoms with E-state index in [2.05, 4.69) is 6.58 Å². The van der Waals surface area contributed by atoms with E-state index in [9.17, 15) is 9.18 Å². The summed E-state index contributed by atoms with van der Waals surface area (Å²) in [5.74, 6) is -0.233. The molecule has 0 saturated carbocycles. The third kappa shape index (κ3) is 3.74. The van der Waals surface area contributed by atoms with Crippen LogP contribution in [-0.2, 0) is 0 Å². The van der Waals surface area contributed by atoms with E-state index in [1.54, 1.807) is 12.1 Å². The first-order valence-electron chi connectivity index (χ1n) is 4.74. The van der Waals surface area contributed by atoms with Gasteiger partial charge in [-0.25, -0.2) is 4.39 Å². The molecule has 0 aliphatic heterocycles. The number of rotatable bonds is 5. The third-order valence-electron chi connectivity index (χ3n) is 2.04. The van der Waals surface area contributed by atoms with Crippen LogP contribution in [0.5, 0.6) is 0 Å². The number of hydrogen-bond donors (Lipinski definition) is 0. The third-order valence-corrected chi connectivity index (χ3v) is 2.94. The van der Waals surface area contributed by atoms with Crippen LogP contribution in [0.15, 0.2) is 30.9 Å². The Labute approximate surface area is 103 Å². The number of halogens is 2. The van der Waals surface area contributed by atoms with Gasteiger partial charge in [-0.05, 0) is 53.6 Å². The molecule has 0 N–H and O–H groups in total. The van der Waals surface area contributed by atoms with Crippen LogP contribution in [0.4, 0.5) is 4.39 Å². The maximum atomic E-state index is 12.8. The highest BCUT2D eigenvalue weighted by Gasteiger charge is 2.09. The van der Waals surface area contributed by atoms with Crippen molar-refractivity contribution in [2.75, 3.05) is 0 Å². The molecule has 1 rings (SSSR count). The number of ketones is 1. The second-order valence-electron chi connectivity index (χ2n) is 3.23. The van der Waals surface area contributed by atoms with Crippen molar-refractivity contribution in [1.29, 1.82) is 0 Å². The molecule has 0 saturated heterocycles. The fourth-order valence-corrected chi connectivity index (χ4v) is 2.04. The minimum atomic E-state index is -0.304. The number of benzene rings is 1. The standard InChI is InChI=1S/C12H12FIO/c1-2-3-4-5-12(15)10-7-6-9(13)8-11(10)14/h2,6-8H,1,3-5H2. The Balaban J connectivity index is 2.69. The van der Waals surface area contributed by atoms with Gasteiger partial charge in [0.2, 0.25) is 0 Å². The molecule has 80 valence electrons. The van der Waals surface area contributed by atoms with Crippen molar-refractivity contribution in [3.05, 3.63) is 45.8 Å². The maximum absolute atomic E-state index is 12.8. The van der Waals surface area contributed by atoms with Crippen LogP contribution in [0, 0.1) is 9.39 Å². The molecule has 0 bridgehead atoms. The highest BCUT2D eigenvalue weighted by atomic mass is 127. The van der Waals surface area contributed by atoms with Gasteiger partial charge in [0, 0.05) is 15.6 Å². The van der Waals surface area contributed by atoms with Crippen molar-refractivity contribution in [2.24, 2.45) is 0 Å². The molecular formula is C12H12FIO. The minimum absolute atomic E-state index is 0.0706. The topological polar surface area (TPSA) is 17.1 Å². The first-order valence-corrected chi connectivity index (χ1v) is 5.82. The fourth-order valence-electron chi connectivity index (χ4n) is 1.26. The van der Waals surface area contributed by atoms with Crippen LogP contribution in [-0.4, -0.2) is 5.78 Å². The van der Waals surface area contributed by atoms with Crippen molar-refractivity contribution in [1.82, 2.24) is 0 Å². The van der Waals surface area contributed by atoms with Crippen LogP contribution in [0.2, 0.25) is 0 Å². The van der Waals surface area contributed by atoms with Crippen LogP contribution >= 0.6 is 22.6 Å². The first kappa shape index (κ1) is 12.4. The molecule has 0 radical (unpaired) electrons. The summed E-state index contributed by atoms with van der Waals surface area (Å²) in [4.78, 5) is 11.7. The Bertz CT molecular complexity index is 374. The van der Waals surface area contributed by atoms with Gasteiger partial charge < -0.3 is 0 Å². The number of hydrogen-bond acceptors (Lipinski definition) is 1. The lowest BCUT2D eigenvalue weighted by molar-refractivity contribution is 0.0979. The summed E-state index contributed by atoms with van der Waals surface area (Å²) in [6, 6.07) is 4.25. The van der Waals surface area contributed by atoms with E-state index >= 15 is 0 Å². The average molecular weight is 318 g/mol. The lowest BCUT2D eigenvalue weighted by atomic mass is 10.1. The van der Waals surface area contributed by atoms with Crippen molar-refractivity contribution in [3.63, 3.8) is 0 Å². The minimum Gasteiger partial charge on any atom is -0.294 e. The average Bonchev–Trinajstić information content (AvgIpc) is 2.17. The molecule has 1 aromatic rings. The van der Waals surface area contributed by atoms with E-state index in [-0.39, 0.29) is 11.6 Å². The van der Waals surface area contributed by atoms with Crippen LogP contribution in [0.25, 0.3) is 0 Å². The summed E-state index contributed by atoms with van der Waals surface area (Å²) in [6.07, 6.45) is 3.93. The Hall–Kier alpha value is -0.710. The fraction of sp³-hybridized carbons (Fsp3) is 0.250. The number of Topliss-reactive ketones (excluding diaryl/α,β-unsaturated/α-hetero) is 1. The summed E-state index contributed by atoms with van der Waals surface area (Å²) in [7, 11) is 0. The molecule has 0 heterocycles. The molecule has 15 heavy (non-hydrogen) atoms. The number of allylic oxidation sites excluding steroid dienone is 1. The van der Waals surface area contributed by atoms with Crippen LogP contribution in [0.1, 0.15) is 29.6 Å². The molecule has 0 fully saturated rings. The summed E-state index contributed by atoms with van der Waals surface area (Å²) in [5.41, 5.74) is 0.612. The quantitative estimate of drug-likeness (QED) is 0.347. The molecule has 0 spiro atoms. The van der Waals surface area contributed by atoms with E-state index in [4.69, 9.17) is 0 Å². The zero-order chi connectivity index (χ0) is 11.3. The zero-order valence-corrected chi connectivity index (χ0v) is 10.5. The number of carbonyl (C=O) groups is 1. The van der Waals surface area contributed by atoms with Gasteiger partial charge in [0.05, 0.1) is 0 Å². The van der Waals surface area contributed by atoms with Gasteiger partial charge in [-0.15, -0.1) is 6.58 Å². The van der Waals surface area contributed by atoms with E-state index in [0.29, 0.717) is 15.6 Å². The van der Waals surface area contributed by atoms with Gasteiger partial charge in [0.25, 0.3) is 0 Å². The molecule has 3 heteroatoms. The van der Waals surface area contributed by atoms with Gasteiger partial charge in [-0.2, -0.15) is 0 Å². The zero-order valence-electron chi connectivity index (χ0n) is 8.30. The van der Waals surface area contributed by atoms with Gasteiger partial charge in [0.1, 0.15) is 5.82 Å². The Morgan fingerprint density at radius 2 is 2.27 bits per heavy atom. The van der Waals surface area contributed by atoms with Crippen LogP contribution < -0.4 is 0 Å². The lowest BCUT2D eigenvalue weighted by Crippen LogP contribution is -2.01. The van der Waals surface area contributed by atoms with Crippen molar-refractivity contribution >= 4 is 28.4 Å². The molecular weight excluding hydrogens is 306 g/mol. The number of unbranched alkanes of at least 4 members (excludes halogenated alkanes) is 1. The monoisotopic (exact) mass is 318 g/mol. The van der Waals surface area contributed by atoms with Crippen LogP contribution in [0.3, 0.4) is 0 Å². The Morgan fingerprint density at radius 1 is 1.53 bits per heavy atom. The smallest absolute Gasteiger partial charge is 0.163 e. The highest BCUT2D eigenvalue weighted by molar-refractivity contribution is 14.1. The predicted octanol–water partition coefficient (Wildman–Crippen LogP) is 3.97.